The highest BCUT2D eigenvalue weighted by atomic mass is 16.4. The molecular weight excluding hydrogens is 322 g/mol. The number of amides is 3. The zero-order valence-electron chi connectivity index (χ0n) is 13.5. The van der Waals surface area contributed by atoms with E-state index in [-0.39, 0.29) is 36.3 Å². The molecule has 3 amide bonds. The molecule has 0 aliphatic heterocycles. The molecular formula is C18H19N3O4. The van der Waals surface area contributed by atoms with Gasteiger partial charge in [0, 0.05) is 19.1 Å². The zero-order chi connectivity index (χ0) is 17.8. The van der Waals surface area contributed by atoms with Gasteiger partial charge in [-0.1, -0.05) is 24.3 Å². The van der Waals surface area contributed by atoms with Crippen LogP contribution in [-0.2, 0) is 0 Å². The normalized spacial score (nSPS) is 13.3. The van der Waals surface area contributed by atoms with Crippen molar-refractivity contribution in [2.75, 3.05) is 13.1 Å². The molecule has 1 fully saturated rings. The Hall–Kier alpha value is -3.09. The van der Waals surface area contributed by atoms with Crippen LogP contribution in [0.2, 0.25) is 0 Å². The first-order valence-electron chi connectivity index (χ1n) is 8.13. The Morgan fingerprint density at radius 2 is 1.56 bits per heavy atom. The summed E-state index contributed by atoms with van der Waals surface area (Å²) < 4.78 is 0. The molecule has 2 aromatic carbocycles. The van der Waals surface area contributed by atoms with Gasteiger partial charge in [-0.15, -0.1) is 0 Å². The molecule has 0 saturated heterocycles. The molecule has 2 aromatic rings. The van der Waals surface area contributed by atoms with Crippen LogP contribution < -0.4 is 16.0 Å². The van der Waals surface area contributed by atoms with E-state index >= 15 is 0 Å². The van der Waals surface area contributed by atoms with Gasteiger partial charge < -0.3 is 21.1 Å². The summed E-state index contributed by atoms with van der Waals surface area (Å²) in [5.41, 5.74) is 0.0595. The predicted molar refractivity (Wildman–Crippen MR) is 92.8 cm³/mol. The average molecular weight is 341 g/mol. The fourth-order valence-corrected chi connectivity index (χ4v) is 2.52. The van der Waals surface area contributed by atoms with Crippen LogP contribution in [0, 0.1) is 0 Å². The molecule has 130 valence electrons. The van der Waals surface area contributed by atoms with E-state index in [0.29, 0.717) is 0 Å². The van der Waals surface area contributed by atoms with E-state index in [0.717, 1.165) is 23.6 Å². The topological polar surface area (TPSA) is 108 Å². The van der Waals surface area contributed by atoms with Crippen LogP contribution in [-0.4, -0.2) is 42.1 Å². The third-order valence-corrected chi connectivity index (χ3v) is 3.97. The van der Waals surface area contributed by atoms with E-state index in [9.17, 15) is 19.5 Å². The van der Waals surface area contributed by atoms with E-state index < -0.39 is 11.9 Å². The van der Waals surface area contributed by atoms with Gasteiger partial charge in [0.25, 0.3) is 5.91 Å². The molecule has 3 rings (SSSR count). The van der Waals surface area contributed by atoms with Crippen molar-refractivity contribution >= 4 is 28.7 Å². The van der Waals surface area contributed by atoms with Crippen LogP contribution in [0.25, 0.3) is 10.8 Å². The molecule has 1 saturated carbocycles. The Morgan fingerprint density at radius 3 is 2.16 bits per heavy atom. The zero-order valence-corrected chi connectivity index (χ0v) is 13.5. The van der Waals surface area contributed by atoms with E-state index in [4.69, 9.17) is 0 Å². The summed E-state index contributed by atoms with van der Waals surface area (Å²) in [6, 6.07) is 10.3. The highest BCUT2D eigenvalue weighted by Crippen LogP contribution is 2.20. The summed E-state index contributed by atoms with van der Waals surface area (Å²) in [6.07, 6.45) is 2.01. The maximum atomic E-state index is 12.3. The second-order valence-electron chi connectivity index (χ2n) is 5.98. The van der Waals surface area contributed by atoms with E-state index in [1.165, 1.54) is 6.07 Å². The SMILES string of the molecule is O=C(NCCNC(=O)c1cc2ccccc2cc1C(=O)O)NC1CC1. The first-order valence-corrected chi connectivity index (χ1v) is 8.13. The van der Waals surface area contributed by atoms with Gasteiger partial charge in [-0.05, 0) is 35.7 Å². The van der Waals surface area contributed by atoms with Crippen molar-refractivity contribution in [2.45, 2.75) is 18.9 Å². The molecule has 7 heteroatoms. The Kier molecular flexibility index (Phi) is 4.83. The van der Waals surface area contributed by atoms with Gasteiger partial charge in [-0.3, -0.25) is 4.79 Å². The van der Waals surface area contributed by atoms with Gasteiger partial charge in [-0.2, -0.15) is 0 Å². The van der Waals surface area contributed by atoms with Crippen LogP contribution in [0.1, 0.15) is 33.6 Å². The lowest BCUT2D eigenvalue weighted by Crippen LogP contribution is -2.41. The fraction of sp³-hybridized carbons (Fsp3) is 0.278. The van der Waals surface area contributed by atoms with Crippen molar-refractivity contribution in [1.29, 1.82) is 0 Å². The second kappa shape index (κ2) is 7.21. The molecule has 1 aliphatic carbocycles. The molecule has 0 atom stereocenters. The Bertz CT molecular complexity index is 830. The van der Waals surface area contributed by atoms with Crippen molar-refractivity contribution in [3.63, 3.8) is 0 Å². The summed E-state index contributed by atoms with van der Waals surface area (Å²) in [5, 5.41) is 19.0. The molecule has 0 unspecified atom stereocenters. The van der Waals surface area contributed by atoms with E-state index in [1.54, 1.807) is 12.1 Å². The number of benzene rings is 2. The highest BCUT2D eigenvalue weighted by molar-refractivity contribution is 6.08. The van der Waals surface area contributed by atoms with Crippen molar-refractivity contribution in [3.05, 3.63) is 47.5 Å². The van der Waals surface area contributed by atoms with Gasteiger partial charge >= 0.3 is 12.0 Å². The van der Waals surface area contributed by atoms with Crippen LogP contribution in [0.5, 0.6) is 0 Å². The summed E-state index contributed by atoms with van der Waals surface area (Å²) >= 11 is 0. The van der Waals surface area contributed by atoms with Gasteiger partial charge in [0.1, 0.15) is 0 Å². The van der Waals surface area contributed by atoms with Gasteiger partial charge in [0.2, 0.25) is 0 Å². The van der Waals surface area contributed by atoms with Gasteiger partial charge in [0.15, 0.2) is 0 Å². The fourth-order valence-electron chi connectivity index (χ4n) is 2.52. The quantitative estimate of drug-likeness (QED) is 0.600. The standard InChI is InChI=1S/C18H19N3O4/c22-16(19-7-8-20-18(25)21-13-5-6-13)14-9-11-3-1-2-4-12(11)10-15(14)17(23)24/h1-4,9-10,13H,5-8H2,(H,19,22)(H,23,24)(H2,20,21,25). The lowest BCUT2D eigenvalue weighted by atomic mass is 10.0. The van der Waals surface area contributed by atoms with Crippen LogP contribution >= 0.6 is 0 Å². The minimum atomic E-state index is -1.15. The predicted octanol–water partition coefficient (Wildman–Crippen LogP) is 1.73. The number of urea groups is 1. The van der Waals surface area contributed by atoms with Crippen molar-refractivity contribution < 1.29 is 19.5 Å². The minimum absolute atomic E-state index is 0.0457. The second-order valence-corrected chi connectivity index (χ2v) is 5.98. The molecule has 0 aromatic heterocycles. The van der Waals surface area contributed by atoms with Crippen molar-refractivity contribution in [2.24, 2.45) is 0 Å². The maximum Gasteiger partial charge on any atom is 0.336 e. The first kappa shape index (κ1) is 16.8. The van der Waals surface area contributed by atoms with Crippen LogP contribution in [0.15, 0.2) is 36.4 Å². The summed E-state index contributed by atoms with van der Waals surface area (Å²) in [6.45, 7) is 0.475. The number of rotatable bonds is 6. The summed E-state index contributed by atoms with van der Waals surface area (Å²) in [7, 11) is 0. The molecule has 1 aliphatic rings. The molecule has 25 heavy (non-hydrogen) atoms. The Morgan fingerprint density at radius 1 is 0.960 bits per heavy atom. The third kappa shape index (κ3) is 4.26. The highest BCUT2D eigenvalue weighted by Gasteiger charge is 2.23. The summed E-state index contributed by atoms with van der Waals surface area (Å²) in [4.78, 5) is 35.3. The van der Waals surface area contributed by atoms with Crippen LogP contribution in [0.4, 0.5) is 4.79 Å². The average Bonchev–Trinajstić information content (AvgIpc) is 3.41. The molecule has 0 bridgehead atoms. The maximum absolute atomic E-state index is 12.3. The number of hydrogen-bond donors (Lipinski definition) is 4. The Labute approximate surface area is 144 Å². The van der Waals surface area contributed by atoms with Gasteiger partial charge in [-0.25, -0.2) is 9.59 Å². The molecule has 0 radical (unpaired) electrons. The third-order valence-electron chi connectivity index (χ3n) is 3.97. The number of carboxylic acids is 1. The number of hydrogen-bond acceptors (Lipinski definition) is 3. The Balaban J connectivity index is 1.63. The number of fused-ring (bicyclic) bond motifs is 1. The number of carboxylic acid groups (broad SMARTS) is 1. The number of carbonyl (C=O) groups excluding carboxylic acids is 2. The van der Waals surface area contributed by atoms with Gasteiger partial charge in [0.05, 0.1) is 11.1 Å². The molecule has 7 nitrogen and oxygen atoms in total. The summed E-state index contributed by atoms with van der Waals surface area (Å²) in [5.74, 6) is -1.63. The molecule has 4 N–H and O–H groups in total. The lowest BCUT2D eigenvalue weighted by molar-refractivity contribution is 0.0691. The number of aromatic carboxylic acids is 1. The van der Waals surface area contributed by atoms with E-state index in [2.05, 4.69) is 16.0 Å². The molecule has 0 heterocycles. The largest absolute Gasteiger partial charge is 0.478 e. The van der Waals surface area contributed by atoms with Crippen LogP contribution in [0.3, 0.4) is 0 Å². The van der Waals surface area contributed by atoms with E-state index in [1.807, 2.05) is 18.2 Å². The van der Waals surface area contributed by atoms with Crippen molar-refractivity contribution in [1.82, 2.24) is 16.0 Å². The molecule has 0 spiro atoms. The monoisotopic (exact) mass is 341 g/mol. The number of carbonyl (C=O) groups is 3. The minimum Gasteiger partial charge on any atom is -0.478 e. The van der Waals surface area contributed by atoms with Crippen molar-refractivity contribution in [3.8, 4) is 0 Å². The lowest BCUT2D eigenvalue weighted by Gasteiger charge is -2.10. The number of nitrogens with one attached hydrogen (secondary N) is 3. The smallest absolute Gasteiger partial charge is 0.336 e. The first-order chi connectivity index (χ1) is 12.0.